The highest BCUT2D eigenvalue weighted by molar-refractivity contribution is 5.95. The van der Waals surface area contributed by atoms with Crippen LogP contribution in [-0.2, 0) is 17.6 Å². The second kappa shape index (κ2) is 8.53. The van der Waals surface area contributed by atoms with Gasteiger partial charge in [0, 0.05) is 5.69 Å². The SMILES string of the molecule is CCc1cccc(CC)c1NC(=O)[C@@H](CC)Oc1ccc(C)cc1. The normalized spacial score (nSPS) is 11.8. The number of ether oxygens (including phenoxy) is 1. The maximum absolute atomic E-state index is 12.7. The maximum atomic E-state index is 12.7. The molecule has 2 aromatic carbocycles. The van der Waals surface area contributed by atoms with Crippen LogP contribution in [0.2, 0.25) is 0 Å². The molecule has 0 aliphatic carbocycles. The zero-order valence-corrected chi connectivity index (χ0v) is 15.1. The minimum absolute atomic E-state index is 0.0892. The highest BCUT2D eigenvalue weighted by Gasteiger charge is 2.20. The van der Waals surface area contributed by atoms with Crippen LogP contribution in [0, 0.1) is 6.92 Å². The van der Waals surface area contributed by atoms with E-state index in [0.717, 1.165) is 35.4 Å². The number of hydrogen-bond acceptors (Lipinski definition) is 2. The van der Waals surface area contributed by atoms with Gasteiger partial charge in [-0.1, -0.05) is 56.7 Å². The lowest BCUT2D eigenvalue weighted by atomic mass is 10.0. The van der Waals surface area contributed by atoms with Crippen LogP contribution in [-0.4, -0.2) is 12.0 Å². The van der Waals surface area contributed by atoms with Gasteiger partial charge in [-0.25, -0.2) is 0 Å². The Bertz CT molecular complexity index is 654. The predicted molar refractivity (Wildman–Crippen MR) is 99.7 cm³/mol. The van der Waals surface area contributed by atoms with Crippen LogP contribution in [0.15, 0.2) is 42.5 Å². The molecule has 2 rings (SSSR count). The molecular weight excluding hydrogens is 298 g/mol. The zero-order chi connectivity index (χ0) is 17.5. The lowest BCUT2D eigenvalue weighted by molar-refractivity contribution is -0.122. The van der Waals surface area contributed by atoms with Crippen molar-refractivity contribution in [1.82, 2.24) is 0 Å². The molecule has 3 nitrogen and oxygen atoms in total. The second-order valence-electron chi connectivity index (χ2n) is 5.98. The maximum Gasteiger partial charge on any atom is 0.265 e. The van der Waals surface area contributed by atoms with Crippen molar-refractivity contribution >= 4 is 11.6 Å². The summed E-state index contributed by atoms with van der Waals surface area (Å²) in [7, 11) is 0. The molecule has 0 aliphatic heterocycles. The Morgan fingerprint density at radius 1 is 1.00 bits per heavy atom. The smallest absolute Gasteiger partial charge is 0.265 e. The number of carbonyl (C=O) groups is 1. The van der Waals surface area contributed by atoms with E-state index in [1.807, 2.05) is 44.2 Å². The number of rotatable bonds is 7. The van der Waals surface area contributed by atoms with Gasteiger partial charge < -0.3 is 10.1 Å². The molecule has 0 saturated carbocycles. The minimum atomic E-state index is -0.498. The number of nitrogens with one attached hydrogen (secondary N) is 1. The Balaban J connectivity index is 2.16. The number of benzene rings is 2. The highest BCUT2D eigenvalue weighted by Crippen LogP contribution is 2.23. The van der Waals surface area contributed by atoms with Gasteiger partial charge >= 0.3 is 0 Å². The molecule has 1 amide bonds. The van der Waals surface area contributed by atoms with Crippen molar-refractivity contribution in [2.45, 2.75) is 53.1 Å². The third kappa shape index (κ3) is 4.38. The Morgan fingerprint density at radius 2 is 1.58 bits per heavy atom. The van der Waals surface area contributed by atoms with E-state index in [4.69, 9.17) is 4.74 Å². The number of para-hydroxylation sites is 1. The van der Waals surface area contributed by atoms with Gasteiger partial charge in [0.1, 0.15) is 5.75 Å². The molecule has 0 radical (unpaired) electrons. The average Bonchev–Trinajstić information content (AvgIpc) is 2.61. The summed E-state index contributed by atoms with van der Waals surface area (Å²) in [6, 6.07) is 14.0. The lowest BCUT2D eigenvalue weighted by Gasteiger charge is -2.20. The van der Waals surface area contributed by atoms with Gasteiger partial charge in [0.2, 0.25) is 0 Å². The number of aryl methyl sites for hydroxylation is 3. The average molecular weight is 325 g/mol. The number of hydrogen-bond donors (Lipinski definition) is 1. The van der Waals surface area contributed by atoms with Crippen molar-refractivity contribution in [3.63, 3.8) is 0 Å². The summed E-state index contributed by atoms with van der Waals surface area (Å²) < 4.78 is 5.89. The van der Waals surface area contributed by atoms with Crippen molar-refractivity contribution in [1.29, 1.82) is 0 Å². The van der Waals surface area contributed by atoms with E-state index in [2.05, 4.69) is 31.3 Å². The van der Waals surface area contributed by atoms with E-state index < -0.39 is 6.10 Å². The molecule has 128 valence electrons. The minimum Gasteiger partial charge on any atom is -0.481 e. The first kappa shape index (κ1) is 18.1. The van der Waals surface area contributed by atoms with Crippen LogP contribution in [0.5, 0.6) is 5.75 Å². The van der Waals surface area contributed by atoms with Gasteiger partial charge in [0.25, 0.3) is 5.91 Å². The lowest BCUT2D eigenvalue weighted by Crippen LogP contribution is -2.33. The summed E-state index contributed by atoms with van der Waals surface area (Å²) in [6.07, 6.45) is 1.90. The zero-order valence-electron chi connectivity index (χ0n) is 15.1. The summed E-state index contributed by atoms with van der Waals surface area (Å²) >= 11 is 0. The molecule has 0 aliphatic rings. The summed E-state index contributed by atoms with van der Waals surface area (Å²) in [5.74, 6) is 0.635. The molecule has 0 fully saturated rings. The van der Waals surface area contributed by atoms with Crippen molar-refractivity contribution in [2.24, 2.45) is 0 Å². The quantitative estimate of drug-likeness (QED) is 0.785. The van der Waals surface area contributed by atoms with Gasteiger partial charge in [-0.2, -0.15) is 0 Å². The van der Waals surface area contributed by atoms with Crippen LogP contribution in [0.25, 0.3) is 0 Å². The first-order valence-electron chi connectivity index (χ1n) is 8.73. The molecule has 0 aromatic heterocycles. The standard InChI is InChI=1S/C21H27NO2/c1-5-16-9-8-10-17(6-2)20(16)22-21(23)19(7-3)24-18-13-11-15(4)12-14-18/h8-14,19H,5-7H2,1-4H3,(H,22,23)/t19-/m1/s1. The molecular formula is C21H27NO2. The molecule has 1 N–H and O–H groups in total. The molecule has 0 unspecified atom stereocenters. The van der Waals surface area contributed by atoms with Crippen LogP contribution >= 0.6 is 0 Å². The molecule has 3 heteroatoms. The first-order valence-corrected chi connectivity index (χ1v) is 8.73. The van der Waals surface area contributed by atoms with Gasteiger partial charge in [-0.15, -0.1) is 0 Å². The van der Waals surface area contributed by atoms with Crippen LogP contribution in [0.3, 0.4) is 0 Å². The Morgan fingerprint density at radius 3 is 2.08 bits per heavy atom. The van der Waals surface area contributed by atoms with Crippen molar-refractivity contribution in [3.8, 4) is 5.75 Å². The summed E-state index contributed by atoms with van der Waals surface area (Å²) in [5.41, 5.74) is 4.43. The van der Waals surface area contributed by atoms with Gasteiger partial charge in [0.05, 0.1) is 0 Å². The fourth-order valence-electron chi connectivity index (χ4n) is 2.71. The molecule has 2 aromatic rings. The Hall–Kier alpha value is -2.29. The van der Waals surface area contributed by atoms with E-state index in [0.29, 0.717) is 6.42 Å². The number of amides is 1. The topological polar surface area (TPSA) is 38.3 Å². The van der Waals surface area contributed by atoms with Crippen molar-refractivity contribution in [2.75, 3.05) is 5.32 Å². The first-order chi connectivity index (χ1) is 11.6. The number of anilines is 1. The molecule has 0 bridgehead atoms. The molecule has 1 atom stereocenters. The fourth-order valence-corrected chi connectivity index (χ4v) is 2.71. The van der Waals surface area contributed by atoms with Crippen LogP contribution in [0.1, 0.15) is 43.9 Å². The Kier molecular flexibility index (Phi) is 6.42. The summed E-state index contributed by atoms with van der Waals surface area (Å²) in [6.45, 7) is 8.20. The third-order valence-corrected chi connectivity index (χ3v) is 4.21. The van der Waals surface area contributed by atoms with Crippen molar-refractivity contribution < 1.29 is 9.53 Å². The number of carbonyl (C=O) groups excluding carboxylic acids is 1. The van der Waals surface area contributed by atoms with E-state index in [-0.39, 0.29) is 5.91 Å². The summed E-state index contributed by atoms with van der Waals surface area (Å²) in [5, 5.41) is 3.10. The van der Waals surface area contributed by atoms with Crippen LogP contribution < -0.4 is 10.1 Å². The van der Waals surface area contributed by atoms with Gasteiger partial charge in [-0.05, 0) is 49.4 Å². The van der Waals surface area contributed by atoms with E-state index >= 15 is 0 Å². The molecule has 0 heterocycles. The van der Waals surface area contributed by atoms with Gasteiger partial charge in [-0.3, -0.25) is 4.79 Å². The molecule has 24 heavy (non-hydrogen) atoms. The predicted octanol–water partition coefficient (Wildman–Crippen LogP) is 4.92. The third-order valence-electron chi connectivity index (χ3n) is 4.21. The van der Waals surface area contributed by atoms with Crippen LogP contribution in [0.4, 0.5) is 5.69 Å². The van der Waals surface area contributed by atoms with E-state index in [1.54, 1.807) is 0 Å². The van der Waals surface area contributed by atoms with Crippen molar-refractivity contribution in [3.05, 3.63) is 59.2 Å². The molecule has 0 spiro atoms. The van der Waals surface area contributed by atoms with E-state index in [9.17, 15) is 4.79 Å². The highest BCUT2D eigenvalue weighted by atomic mass is 16.5. The molecule has 0 saturated heterocycles. The second-order valence-corrected chi connectivity index (χ2v) is 5.98. The van der Waals surface area contributed by atoms with E-state index in [1.165, 1.54) is 5.56 Å². The largest absolute Gasteiger partial charge is 0.481 e. The monoisotopic (exact) mass is 325 g/mol. The Labute approximate surface area is 145 Å². The fraction of sp³-hybridized carbons (Fsp3) is 0.381. The summed E-state index contributed by atoms with van der Waals surface area (Å²) in [4.78, 5) is 12.7. The van der Waals surface area contributed by atoms with Gasteiger partial charge in [0.15, 0.2) is 6.10 Å².